The van der Waals surface area contributed by atoms with Crippen molar-refractivity contribution in [3.63, 3.8) is 0 Å². The number of carbonyl (C=O) groups excluding carboxylic acids is 3. The van der Waals surface area contributed by atoms with E-state index in [0.29, 0.717) is 25.1 Å². The Kier molecular flexibility index (Phi) is 5.92. The standard InChI is InChI=1S/C23H26N4O3/c1-24-11-15-2-4-16(5-3-15)12-25-13-17-6-7-19-18(10-17)14-27(23(19)30)20-8-9-21(28)26-22(20)29/h2-7,10,20,24-25H,8-9,11-14H2,1H3,(H,26,28,29). The van der Waals surface area contributed by atoms with E-state index in [9.17, 15) is 14.4 Å². The molecule has 0 bridgehead atoms. The van der Waals surface area contributed by atoms with E-state index < -0.39 is 6.04 Å². The summed E-state index contributed by atoms with van der Waals surface area (Å²) in [7, 11) is 1.93. The van der Waals surface area contributed by atoms with Crippen LogP contribution in [0.25, 0.3) is 0 Å². The third-order valence-corrected chi connectivity index (χ3v) is 5.65. The highest BCUT2D eigenvalue weighted by Crippen LogP contribution is 2.28. The number of nitrogens with one attached hydrogen (secondary N) is 3. The van der Waals surface area contributed by atoms with E-state index in [-0.39, 0.29) is 24.1 Å². The van der Waals surface area contributed by atoms with E-state index in [0.717, 1.165) is 24.2 Å². The molecule has 1 saturated heterocycles. The summed E-state index contributed by atoms with van der Waals surface area (Å²) in [5.41, 5.74) is 5.14. The highest BCUT2D eigenvalue weighted by atomic mass is 16.2. The van der Waals surface area contributed by atoms with Crippen LogP contribution in [-0.2, 0) is 35.8 Å². The second-order valence-electron chi connectivity index (χ2n) is 7.84. The fourth-order valence-corrected chi connectivity index (χ4v) is 4.07. The van der Waals surface area contributed by atoms with E-state index in [1.165, 1.54) is 11.1 Å². The number of hydrogen-bond donors (Lipinski definition) is 3. The smallest absolute Gasteiger partial charge is 0.255 e. The summed E-state index contributed by atoms with van der Waals surface area (Å²) in [6, 6.07) is 13.7. The van der Waals surface area contributed by atoms with Crippen molar-refractivity contribution in [1.82, 2.24) is 20.9 Å². The Morgan fingerprint density at radius 1 is 0.967 bits per heavy atom. The molecule has 7 nitrogen and oxygen atoms in total. The lowest BCUT2D eigenvalue weighted by atomic mass is 10.0. The Morgan fingerprint density at radius 3 is 2.33 bits per heavy atom. The van der Waals surface area contributed by atoms with Gasteiger partial charge in [-0.05, 0) is 41.8 Å². The van der Waals surface area contributed by atoms with Gasteiger partial charge in [0.1, 0.15) is 6.04 Å². The molecule has 2 aromatic rings. The Labute approximate surface area is 175 Å². The topological polar surface area (TPSA) is 90.5 Å². The zero-order chi connectivity index (χ0) is 21.1. The lowest BCUT2D eigenvalue weighted by molar-refractivity contribution is -0.136. The highest BCUT2D eigenvalue weighted by molar-refractivity contribution is 6.05. The second kappa shape index (κ2) is 8.77. The van der Waals surface area contributed by atoms with Crippen LogP contribution in [0.15, 0.2) is 42.5 Å². The molecule has 0 saturated carbocycles. The SMILES string of the molecule is CNCc1ccc(CNCc2ccc3c(c2)CN(C2CCC(=O)NC2=O)C3=O)cc1. The first kappa shape index (κ1) is 20.3. The van der Waals surface area contributed by atoms with Gasteiger partial charge in [0, 0.05) is 38.2 Å². The molecule has 2 aromatic carbocycles. The first-order valence-corrected chi connectivity index (χ1v) is 10.2. The van der Waals surface area contributed by atoms with Crippen molar-refractivity contribution in [3.8, 4) is 0 Å². The summed E-state index contributed by atoms with van der Waals surface area (Å²) >= 11 is 0. The van der Waals surface area contributed by atoms with Gasteiger partial charge in [0.2, 0.25) is 11.8 Å². The van der Waals surface area contributed by atoms with Gasteiger partial charge >= 0.3 is 0 Å². The number of amides is 3. The van der Waals surface area contributed by atoms with Gasteiger partial charge in [-0.2, -0.15) is 0 Å². The van der Waals surface area contributed by atoms with Gasteiger partial charge in [-0.1, -0.05) is 36.4 Å². The monoisotopic (exact) mass is 406 g/mol. The summed E-state index contributed by atoms with van der Waals surface area (Å²) in [5, 5.41) is 8.92. The molecule has 0 aliphatic carbocycles. The number of carbonyl (C=O) groups is 3. The van der Waals surface area contributed by atoms with Crippen LogP contribution in [0.1, 0.15) is 45.5 Å². The molecule has 1 unspecified atom stereocenters. The van der Waals surface area contributed by atoms with E-state index in [1.54, 1.807) is 4.90 Å². The molecule has 7 heteroatoms. The Hall–Kier alpha value is -3.03. The molecule has 4 rings (SSSR count). The number of nitrogens with zero attached hydrogens (tertiary/aromatic N) is 1. The van der Waals surface area contributed by atoms with Crippen molar-refractivity contribution in [2.24, 2.45) is 0 Å². The number of imide groups is 1. The zero-order valence-electron chi connectivity index (χ0n) is 17.0. The van der Waals surface area contributed by atoms with E-state index in [1.807, 2.05) is 25.2 Å². The number of hydrogen-bond acceptors (Lipinski definition) is 5. The minimum atomic E-state index is -0.574. The van der Waals surface area contributed by atoms with Crippen LogP contribution in [0, 0.1) is 0 Å². The Balaban J connectivity index is 1.35. The van der Waals surface area contributed by atoms with Gasteiger partial charge in [-0.15, -0.1) is 0 Å². The maximum atomic E-state index is 12.7. The average molecular weight is 406 g/mol. The van der Waals surface area contributed by atoms with Crippen LogP contribution in [0.2, 0.25) is 0 Å². The molecule has 0 aromatic heterocycles. The molecule has 3 amide bonds. The van der Waals surface area contributed by atoms with Crippen LogP contribution >= 0.6 is 0 Å². The lowest BCUT2D eigenvalue weighted by Crippen LogP contribution is -2.52. The molecule has 3 N–H and O–H groups in total. The van der Waals surface area contributed by atoms with Crippen molar-refractivity contribution in [2.75, 3.05) is 7.05 Å². The van der Waals surface area contributed by atoms with Crippen molar-refractivity contribution in [1.29, 1.82) is 0 Å². The predicted molar refractivity (Wildman–Crippen MR) is 112 cm³/mol. The van der Waals surface area contributed by atoms with Crippen molar-refractivity contribution in [3.05, 3.63) is 70.3 Å². The van der Waals surface area contributed by atoms with E-state index in [4.69, 9.17) is 0 Å². The van der Waals surface area contributed by atoms with Gasteiger partial charge in [0.15, 0.2) is 0 Å². The first-order valence-electron chi connectivity index (χ1n) is 10.2. The average Bonchev–Trinajstić information content (AvgIpc) is 3.05. The molecular formula is C23H26N4O3. The van der Waals surface area contributed by atoms with Gasteiger partial charge < -0.3 is 15.5 Å². The van der Waals surface area contributed by atoms with Crippen LogP contribution in [0.3, 0.4) is 0 Å². The quantitative estimate of drug-likeness (QED) is 0.606. The zero-order valence-corrected chi connectivity index (χ0v) is 17.0. The van der Waals surface area contributed by atoms with Crippen molar-refractivity contribution < 1.29 is 14.4 Å². The summed E-state index contributed by atoms with van der Waals surface area (Å²) in [6.07, 6.45) is 0.646. The minimum Gasteiger partial charge on any atom is -0.322 e. The van der Waals surface area contributed by atoms with Crippen LogP contribution < -0.4 is 16.0 Å². The number of benzene rings is 2. The molecule has 1 atom stereocenters. The Morgan fingerprint density at radius 2 is 1.63 bits per heavy atom. The first-order chi connectivity index (χ1) is 14.5. The third-order valence-electron chi connectivity index (χ3n) is 5.65. The second-order valence-corrected chi connectivity index (χ2v) is 7.84. The number of rotatable bonds is 7. The van der Waals surface area contributed by atoms with Gasteiger partial charge in [-0.25, -0.2) is 0 Å². The number of fused-ring (bicyclic) bond motifs is 1. The van der Waals surface area contributed by atoms with Crippen LogP contribution in [0.4, 0.5) is 0 Å². The molecule has 156 valence electrons. The van der Waals surface area contributed by atoms with Gasteiger partial charge in [0.25, 0.3) is 5.91 Å². The van der Waals surface area contributed by atoms with Gasteiger partial charge in [0.05, 0.1) is 0 Å². The largest absolute Gasteiger partial charge is 0.322 e. The van der Waals surface area contributed by atoms with Crippen LogP contribution in [0.5, 0.6) is 0 Å². The molecule has 0 radical (unpaired) electrons. The fraction of sp³-hybridized carbons (Fsp3) is 0.348. The summed E-state index contributed by atoms with van der Waals surface area (Å²) in [6.45, 7) is 2.72. The highest BCUT2D eigenvalue weighted by Gasteiger charge is 2.38. The van der Waals surface area contributed by atoms with Gasteiger partial charge in [-0.3, -0.25) is 19.7 Å². The van der Waals surface area contributed by atoms with Crippen LogP contribution in [-0.4, -0.2) is 35.7 Å². The number of piperidine rings is 1. The molecule has 30 heavy (non-hydrogen) atoms. The van der Waals surface area contributed by atoms with Crippen molar-refractivity contribution in [2.45, 2.75) is 45.1 Å². The molecule has 2 heterocycles. The van der Waals surface area contributed by atoms with Crippen molar-refractivity contribution >= 4 is 17.7 Å². The maximum absolute atomic E-state index is 12.7. The van der Waals surface area contributed by atoms with E-state index >= 15 is 0 Å². The van der Waals surface area contributed by atoms with E-state index in [2.05, 4.69) is 40.2 Å². The Bertz CT molecular complexity index is 971. The maximum Gasteiger partial charge on any atom is 0.255 e. The molecule has 0 spiro atoms. The fourth-order valence-electron chi connectivity index (χ4n) is 4.07. The molecular weight excluding hydrogens is 380 g/mol. The molecule has 2 aliphatic rings. The summed E-state index contributed by atoms with van der Waals surface area (Å²) in [4.78, 5) is 37.9. The molecule has 2 aliphatic heterocycles. The third kappa shape index (κ3) is 4.27. The lowest BCUT2D eigenvalue weighted by Gasteiger charge is -2.29. The summed E-state index contributed by atoms with van der Waals surface area (Å²) in [5.74, 6) is -0.791. The minimum absolute atomic E-state index is 0.138. The summed E-state index contributed by atoms with van der Waals surface area (Å²) < 4.78 is 0. The normalized spacial score (nSPS) is 18.5. The molecule has 1 fully saturated rings. The predicted octanol–water partition coefficient (Wildman–Crippen LogP) is 1.46.